The molecule has 1 rings (SSSR count). The maximum Gasteiger partial charge on any atom is 0.213 e. The van der Waals surface area contributed by atoms with Gasteiger partial charge in [0.25, 0.3) is 0 Å². The molecule has 0 amide bonds. The third-order valence-corrected chi connectivity index (χ3v) is 1.56. The van der Waals surface area contributed by atoms with Crippen LogP contribution in [0.4, 0.5) is 0 Å². The fraction of sp³-hybridized carbons (Fsp3) is 0.833. The lowest BCUT2D eigenvalue weighted by Gasteiger charge is -2.27. The Morgan fingerprint density at radius 1 is 1.55 bits per heavy atom. The van der Waals surface area contributed by atoms with Crippen LogP contribution in [0.3, 0.4) is 0 Å². The minimum absolute atomic E-state index is 0.538. The zero-order chi connectivity index (χ0) is 8.10. The van der Waals surface area contributed by atoms with E-state index in [1.807, 2.05) is 4.90 Å². The molecule has 1 heterocycles. The van der Waals surface area contributed by atoms with Gasteiger partial charge in [0.15, 0.2) is 0 Å². The van der Waals surface area contributed by atoms with Crippen molar-refractivity contribution in [3.63, 3.8) is 0 Å². The Kier molecular flexibility index (Phi) is 2.97. The summed E-state index contributed by atoms with van der Waals surface area (Å²) in [7, 11) is 1.73. The molecule has 0 unspecified atom stereocenters. The quantitative estimate of drug-likeness (QED) is 0.285. The van der Waals surface area contributed by atoms with Gasteiger partial charge in [0, 0.05) is 20.1 Å². The van der Waals surface area contributed by atoms with Crippen LogP contribution in [-0.4, -0.2) is 44.2 Å². The van der Waals surface area contributed by atoms with Crippen molar-refractivity contribution in [3.8, 4) is 0 Å². The second kappa shape index (κ2) is 4.02. The Morgan fingerprint density at radius 3 is 2.73 bits per heavy atom. The summed E-state index contributed by atoms with van der Waals surface area (Å²) < 4.78 is 5.16. The molecule has 1 aliphatic heterocycles. The maximum atomic E-state index is 5.62. The van der Waals surface area contributed by atoms with Crippen LogP contribution < -0.4 is 11.2 Å². The number of hydrazone groups is 1. The van der Waals surface area contributed by atoms with Crippen LogP contribution >= 0.6 is 0 Å². The summed E-state index contributed by atoms with van der Waals surface area (Å²) in [4.78, 5) is 1.99. The van der Waals surface area contributed by atoms with Crippen molar-refractivity contribution in [1.82, 2.24) is 10.3 Å². The molecule has 1 aliphatic rings. The average Bonchev–Trinajstić information content (AvgIpc) is 2.07. The van der Waals surface area contributed by atoms with Gasteiger partial charge in [0.2, 0.25) is 5.96 Å². The first-order chi connectivity index (χ1) is 5.34. The van der Waals surface area contributed by atoms with Crippen LogP contribution in [-0.2, 0) is 4.74 Å². The maximum absolute atomic E-state index is 5.62. The number of nitrogens with two attached hydrogens (primary N) is 1. The number of rotatable bonds is 1. The van der Waals surface area contributed by atoms with Crippen molar-refractivity contribution < 1.29 is 4.74 Å². The first-order valence-corrected chi connectivity index (χ1v) is 3.67. The average molecular weight is 158 g/mol. The van der Waals surface area contributed by atoms with E-state index in [2.05, 4.69) is 10.5 Å². The molecule has 0 spiro atoms. The number of nitrogens with zero attached hydrogens (tertiary/aromatic N) is 2. The van der Waals surface area contributed by atoms with Gasteiger partial charge in [-0.1, -0.05) is 0 Å². The van der Waals surface area contributed by atoms with E-state index in [0.717, 1.165) is 26.3 Å². The van der Waals surface area contributed by atoms with Crippen molar-refractivity contribution in [2.75, 3.05) is 33.4 Å². The smallest absolute Gasteiger partial charge is 0.213 e. The van der Waals surface area contributed by atoms with Crippen LogP contribution in [0.15, 0.2) is 5.10 Å². The van der Waals surface area contributed by atoms with E-state index in [4.69, 9.17) is 10.5 Å². The summed E-state index contributed by atoms with van der Waals surface area (Å²) in [6.07, 6.45) is 0. The molecule has 0 aromatic heterocycles. The first kappa shape index (κ1) is 8.13. The Bertz CT molecular complexity index is 142. The first-order valence-electron chi connectivity index (χ1n) is 3.67. The third kappa shape index (κ3) is 2.27. The largest absolute Gasteiger partial charge is 0.378 e. The lowest BCUT2D eigenvalue weighted by molar-refractivity contribution is 0.0673. The number of hydrogen-bond acceptors (Lipinski definition) is 3. The Morgan fingerprint density at radius 2 is 2.18 bits per heavy atom. The zero-order valence-corrected chi connectivity index (χ0v) is 6.71. The summed E-state index contributed by atoms with van der Waals surface area (Å²) >= 11 is 0. The molecule has 0 atom stereocenters. The van der Waals surface area contributed by atoms with Crippen LogP contribution in [0.5, 0.6) is 0 Å². The van der Waals surface area contributed by atoms with E-state index in [1.54, 1.807) is 7.05 Å². The highest BCUT2D eigenvalue weighted by Crippen LogP contribution is 1.94. The fourth-order valence-corrected chi connectivity index (χ4v) is 0.978. The molecular weight excluding hydrogens is 144 g/mol. The number of hydrogen-bond donors (Lipinski definition) is 2. The van der Waals surface area contributed by atoms with Crippen molar-refractivity contribution in [1.29, 1.82) is 0 Å². The molecule has 5 nitrogen and oxygen atoms in total. The Balaban J connectivity index is 2.38. The predicted molar refractivity (Wildman–Crippen MR) is 43.1 cm³/mol. The summed E-state index contributed by atoms with van der Waals surface area (Å²) in [5.74, 6) is 0.538. The van der Waals surface area contributed by atoms with Crippen LogP contribution in [0, 0.1) is 0 Å². The number of guanidine groups is 1. The highest BCUT2D eigenvalue weighted by atomic mass is 16.5. The van der Waals surface area contributed by atoms with E-state index < -0.39 is 0 Å². The van der Waals surface area contributed by atoms with E-state index in [1.165, 1.54) is 0 Å². The van der Waals surface area contributed by atoms with E-state index in [-0.39, 0.29) is 0 Å². The molecule has 0 aromatic rings. The van der Waals surface area contributed by atoms with Crippen LogP contribution in [0.25, 0.3) is 0 Å². The van der Waals surface area contributed by atoms with Crippen molar-refractivity contribution >= 4 is 5.96 Å². The summed E-state index contributed by atoms with van der Waals surface area (Å²) in [5.41, 5.74) is 8.26. The van der Waals surface area contributed by atoms with E-state index >= 15 is 0 Å². The summed E-state index contributed by atoms with van der Waals surface area (Å²) in [6.45, 7) is 3.13. The van der Waals surface area contributed by atoms with Crippen molar-refractivity contribution in [2.45, 2.75) is 0 Å². The minimum atomic E-state index is 0.538. The Hall–Kier alpha value is -0.970. The molecule has 1 fully saturated rings. The number of morpholine rings is 1. The van der Waals surface area contributed by atoms with Gasteiger partial charge in [-0.05, 0) is 0 Å². The normalized spacial score (nSPS) is 20.1. The molecule has 11 heavy (non-hydrogen) atoms. The number of ether oxygens (including phenoxy) is 1. The van der Waals surface area contributed by atoms with Gasteiger partial charge in [-0.2, -0.15) is 0 Å². The van der Waals surface area contributed by atoms with Gasteiger partial charge in [0.05, 0.1) is 13.2 Å². The van der Waals surface area contributed by atoms with Crippen LogP contribution in [0.1, 0.15) is 0 Å². The third-order valence-electron chi connectivity index (χ3n) is 1.56. The van der Waals surface area contributed by atoms with Crippen molar-refractivity contribution in [2.24, 2.45) is 10.8 Å². The van der Waals surface area contributed by atoms with Gasteiger partial charge >= 0.3 is 0 Å². The van der Waals surface area contributed by atoms with Gasteiger partial charge in [-0.25, -0.2) is 0 Å². The minimum Gasteiger partial charge on any atom is -0.378 e. The van der Waals surface area contributed by atoms with Gasteiger partial charge < -0.3 is 20.8 Å². The van der Waals surface area contributed by atoms with Gasteiger partial charge in [-0.15, -0.1) is 5.10 Å². The summed E-state index contributed by atoms with van der Waals surface area (Å²) in [6, 6.07) is 0. The molecular formula is C6H14N4O. The van der Waals surface area contributed by atoms with E-state index in [9.17, 15) is 0 Å². The zero-order valence-electron chi connectivity index (χ0n) is 6.71. The Labute approximate surface area is 66.2 Å². The van der Waals surface area contributed by atoms with E-state index in [0.29, 0.717) is 5.96 Å². The standard InChI is InChI=1S/C6H14N4O/c1-8-9-6(7)10-2-4-11-5-3-10/h8H,2-5H2,1H3,(H2,7,9). The molecule has 0 saturated carbocycles. The molecule has 64 valence electrons. The molecule has 0 bridgehead atoms. The monoisotopic (exact) mass is 158 g/mol. The van der Waals surface area contributed by atoms with Crippen LogP contribution in [0.2, 0.25) is 0 Å². The molecule has 0 radical (unpaired) electrons. The number of nitrogens with one attached hydrogen (secondary N) is 1. The molecule has 0 aliphatic carbocycles. The topological polar surface area (TPSA) is 62.9 Å². The molecule has 3 N–H and O–H groups in total. The lowest BCUT2D eigenvalue weighted by atomic mass is 10.4. The van der Waals surface area contributed by atoms with Crippen molar-refractivity contribution in [3.05, 3.63) is 0 Å². The predicted octanol–water partition coefficient (Wildman–Crippen LogP) is -1.23. The SMILES string of the molecule is CN/N=C(\N)N1CCOCC1. The van der Waals surface area contributed by atoms with Gasteiger partial charge in [0.1, 0.15) is 0 Å². The fourth-order valence-electron chi connectivity index (χ4n) is 0.978. The van der Waals surface area contributed by atoms with Gasteiger partial charge in [-0.3, -0.25) is 0 Å². The molecule has 1 saturated heterocycles. The second-order valence-electron chi connectivity index (χ2n) is 2.29. The molecule has 5 heteroatoms. The highest BCUT2D eigenvalue weighted by molar-refractivity contribution is 5.77. The molecule has 0 aromatic carbocycles. The lowest BCUT2D eigenvalue weighted by Crippen LogP contribution is -2.45. The second-order valence-corrected chi connectivity index (χ2v) is 2.29. The highest BCUT2D eigenvalue weighted by Gasteiger charge is 2.11. The summed E-state index contributed by atoms with van der Waals surface area (Å²) in [5, 5.41) is 3.86.